The molecular formula is C40H44N4O9. The third-order valence-corrected chi connectivity index (χ3v) is 7.18. The van der Waals surface area contributed by atoms with E-state index >= 15 is 0 Å². The summed E-state index contributed by atoms with van der Waals surface area (Å²) in [5.74, 6) is -1.47. The molecule has 13 nitrogen and oxygen atoms in total. The van der Waals surface area contributed by atoms with Gasteiger partial charge in [0, 0.05) is 46.7 Å². The second-order valence-corrected chi connectivity index (χ2v) is 11.9. The topological polar surface area (TPSA) is 184 Å². The van der Waals surface area contributed by atoms with Crippen LogP contribution in [0.1, 0.15) is 73.1 Å². The van der Waals surface area contributed by atoms with E-state index in [1.165, 1.54) is 24.7 Å². The molecule has 0 saturated carbocycles. The average Bonchev–Trinajstić information content (AvgIpc) is 3.14. The summed E-state index contributed by atoms with van der Waals surface area (Å²) >= 11 is 0. The number of hydrogen-bond donors (Lipinski definition) is 2. The lowest BCUT2D eigenvalue weighted by atomic mass is 9.95. The molecule has 0 spiro atoms. The Morgan fingerprint density at radius 3 is 1.89 bits per heavy atom. The molecule has 3 aromatic heterocycles. The number of carbonyl (C=O) groups is 5. The van der Waals surface area contributed by atoms with E-state index in [0.29, 0.717) is 22.2 Å². The van der Waals surface area contributed by atoms with Crippen molar-refractivity contribution in [1.82, 2.24) is 15.0 Å². The van der Waals surface area contributed by atoms with E-state index in [1.807, 2.05) is 24.3 Å². The fraction of sp³-hybridized carbons (Fsp3) is 0.250. The first-order valence-electron chi connectivity index (χ1n) is 15.9. The molecule has 5 rings (SSSR count). The van der Waals surface area contributed by atoms with Crippen LogP contribution in [0.15, 0.2) is 91.5 Å². The van der Waals surface area contributed by atoms with Crippen molar-refractivity contribution in [3.63, 3.8) is 0 Å². The fourth-order valence-corrected chi connectivity index (χ4v) is 4.28. The van der Waals surface area contributed by atoms with Gasteiger partial charge in [-0.15, -0.1) is 0 Å². The number of ether oxygens (including phenoxy) is 3. The predicted octanol–water partition coefficient (Wildman–Crippen LogP) is 7.35. The summed E-state index contributed by atoms with van der Waals surface area (Å²) in [5.41, 5.74) is 2.60. The van der Waals surface area contributed by atoms with Crippen LogP contribution in [0.2, 0.25) is 0 Å². The maximum Gasteiger partial charge on any atom is 0.379 e. The Bertz CT molecular complexity index is 2040. The molecule has 2 aromatic carbocycles. The molecular weight excluding hydrogens is 680 g/mol. The third-order valence-electron chi connectivity index (χ3n) is 7.18. The van der Waals surface area contributed by atoms with E-state index in [9.17, 15) is 29.1 Å². The van der Waals surface area contributed by atoms with Crippen molar-refractivity contribution in [2.24, 2.45) is 5.41 Å². The molecule has 0 aliphatic carbocycles. The van der Waals surface area contributed by atoms with Crippen molar-refractivity contribution in [3.8, 4) is 22.8 Å². The number of benzene rings is 2. The quantitative estimate of drug-likeness (QED) is 0.0877. The monoisotopic (exact) mass is 724 g/mol. The minimum atomic E-state index is -0.995. The summed E-state index contributed by atoms with van der Waals surface area (Å²) in [5, 5.41) is 12.5. The number of nitrogens with zero attached hydrogens (tertiary/aromatic N) is 3. The Morgan fingerprint density at radius 1 is 0.792 bits per heavy atom. The second-order valence-electron chi connectivity index (χ2n) is 11.9. The number of aromatic carboxylic acids is 1. The molecule has 278 valence electrons. The van der Waals surface area contributed by atoms with E-state index in [-0.39, 0.29) is 42.5 Å². The van der Waals surface area contributed by atoms with Gasteiger partial charge in [0.1, 0.15) is 11.5 Å². The van der Waals surface area contributed by atoms with Gasteiger partial charge >= 0.3 is 11.9 Å². The van der Waals surface area contributed by atoms with Gasteiger partial charge in [0.2, 0.25) is 5.91 Å². The van der Waals surface area contributed by atoms with Gasteiger partial charge < -0.3 is 24.6 Å². The van der Waals surface area contributed by atoms with Crippen LogP contribution in [0, 0.1) is 5.41 Å². The van der Waals surface area contributed by atoms with Gasteiger partial charge in [-0.05, 0) is 80.6 Å². The van der Waals surface area contributed by atoms with Crippen LogP contribution in [0.3, 0.4) is 0 Å². The molecule has 0 unspecified atom stereocenters. The maximum atomic E-state index is 11.9. The summed E-state index contributed by atoms with van der Waals surface area (Å²) < 4.78 is 14.7. The fourth-order valence-electron chi connectivity index (χ4n) is 4.28. The summed E-state index contributed by atoms with van der Waals surface area (Å²) in [4.78, 5) is 69.8. The number of esters is 1. The normalized spacial score (nSPS) is 10.2. The highest BCUT2D eigenvalue weighted by atomic mass is 16.5. The summed E-state index contributed by atoms with van der Waals surface area (Å²) in [6.07, 6.45) is 5.78. The Balaban J connectivity index is 0.000000286. The number of anilines is 1. The molecule has 0 fully saturated rings. The second kappa shape index (κ2) is 19.8. The predicted molar refractivity (Wildman–Crippen MR) is 201 cm³/mol. The number of carboxylic acids is 1. The molecule has 53 heavy (non-hydrogen) atoms. The number of pyridine rings is 3. The van der Waals surface area contributed by atoms with Crippen molar-refractivity contribution in [1.29, 1.82) is 0 Å². The first-order valence-corrected chi connectivity index (χ1v) is 15.9. The van der Waals surface area contributed by atoms with E-state index < -0.39 is 23.1 Å². The van der Waals surface area contributed by atoms with Gasteiger partial charge in [0.05, 0.1) is 48.9 Å². The van der Waals surface area contributed by atoms with Crippen LogP contribution in [-0.4, -0.2) is 70.3 Å². The van der Waals surface area contributed by atoms with E-state index in [2.05, 4.69) is 25.0 Å². The molecule has 3 heterocycles. The molecule has 1 amide bonds. The standard InChI is InChI=1S/C16H12N2O3.C14H18N2O4.C9H10O2.CH4/c1-21-11-4-2-10(3-5-11)15-8-12(16(19)20)13-9-17-7-6-14(13)18-15;1-5-20-12(18)11(17)9-8-15-7-6-10(9)16-13(19)14(2,3)4;1-7(10)8-3-5-9(11-2)6-4-8;/h2-9H,1H3,(H,19,20);6-8H,5H2,1-4H3,(H,15,16,19);3-6H,1-2H3;1H4. The highest BCUT2D eigenvalue weighted by Gasteiger charge is 2.26. The van der Waals surface area contributed by atoms with Crippen molar-refractivity contribution >= 4 is 46.0 Å². The Kier molecular flexibility index (Phi) is 15.9. The van der Waals surface area contributed by atoms with Crippen LogP contribution in [0.4, 0.5) is 5.69 Å². The Hall–Kier alpha value is -6.50. The summed E-state index contributed by atoms with van der Waals surface area (Å²) in [6, 6.07) is 19.1. The van der Waals surface area contributed by atoms with Gasteiger partial charge in [0.25, 0.3) is 5.78 Å². The molecule has 0 bridgehead atoms. The smallest absolute Gasteiger partial charge is 0.379 e. The zero-order chi connectivity index (χ0) is 38.4. The first-order chi connectivity index (χ1) is 24.7. The van der Waals surface area contributed by atoms with Crippen molar-refractivity contribution < 1.29 is 43.3 Å². The average molecular weight is 725 g/mol. The Morgan fingerprint density at radius 2 is 1.36 bits per heavy atom. The number of Topliss-reactive ketones (excluding diaryl/α,β-unsaturated/α-hetero) is 2. The van der Waals surface area contributed by atoms with E-state index in [1.54, 1.807) is 91.4 Å². The van der Waals surface area contributed by atoms with Gasteiger partial charge in [-0.2, -0.15) is 0 Å². The van der Waals surface area contributed by atoms with E-state index in [4.69, 9.17) is 9.47 Å². The SMILES string of the molecule is C.CCOC(=O)C(=O)c1cnccc1NC(=O)C(C)(C)C.COc1ccc(-c2cc(C(=O)O)c3cnccc3n2)cc1.COc1ccc(C(C)=O)cc1. The number of methoxy groups -OCH3 is 2. The third kappa shape index (κ3) is 12.1. The molecule has 2 N–H and O–H groups in total. The zero-order valence-electron chi connectivity index (χ0n) is 29.9. The zero-order valence-corrected chi connectivity index (χ0v) is 29.9. The number of hydrogen-bond acceptors (Lipinski definition) is 11. The largest absolute Gasteiger partial charge is 0.497 e. The van der Waals surface area contributed by atoms with Crippen LogP contribution < -0.4 is 14.8 Å². The minimum Gasteiger partial charge on any atom is -0.497 e. The number of aromatic nitrogens is 3. The van der Waals surface area contributed by atoms with Crippen molar-refractivity contribution in [2.75, 3.05) is 26.1 Å². The maximum absolute atomic E-state index is 11.9. The number of amides is 1. The summed E-state index contributed by atoms with van der Waals surface area (Å²) in [7, 11) is 3.20. The highest BCUT2D eigenvalue weighted by molar-refractivity contribution is 6.42. The lowest BCUT2D eigenvalue weighted by molar-refractivity contribution is -0.137. The molecule has 0 radical (unpaired) electrons. The molecule has 13 heteroatoms. The van der Waals surface area contributed by atoms with Gasteiger partial charge in [-0.3, -0.25) is 24.4 Å². The molecule has 5 aromatic rings. The van der Waals surface area contributed by atoms with Crippen molar-refractivity contribution in [3.05, 3.63) is 108 Å². The minimum absolute atomic E-state index is 0. The van der Waals surface area contributed by atoms with Gasteiger partial charge in [-0.25, -0.2) is 14.6 Å². The van der Waals surface area contributed by atoms with Gasteiger partial charge in [0.15, 0.2) is 5.78 Å². The first kappa shape index (κ1) is 42.7. The van der Waals surface area contributed by atoms with Crippen molar-refractivity contribution in [2.45, 2.75) is 42.0 Å². The lowest BCUT2D eigenvalue weighted by Crippen LogP contribution is -2.29. The number of ketones is 2. The molecule has 0 atom stereocenters. The number of carbonyl (C=O) groups excluding carboxylic acids is 4. The Labute approximate surface area is 308 Å². The summed E-state index contributed by atoms with van der Waals surface area (Å²) in [6.45, 7) is 8.50. The van der Waals surface area contributed by atoms with E-state index in [0.717, 1.165) is 17.1 Å². The molecule has 0 aliphatic heterocycles. The number of nitrogens with one attached hydrogen (secondary N) is 1. The van der Waals surface area contributed by atoms with Crippen LogP contribution in [-0.2, 0) is 14.3 Å². The molecule has 0 saturated heterocycles. The number of rotatable bonds is 9. The lowest BCUT2D eigenvalue weighted by Gasteiger charge is -2.18. The van der Waals surface area contributed by atoms with Crippen LogP contribution in [0.25, 0.3) is 22.2 Å². The van der Waals surface area contributed by atoms with Crippen LogP contribution in [0.5, 0.6) is 11.5 Å². The molecule has 0 aliphatic rings. The number of fused-ring (bicyclic) bond motifs is 1. The highest BCUT2D eigenvalue weighted by Crippen LogP contribution is 2.26. The van der Waals surface area contributed by atoms with Gasteiger partial charge in [-0.1, -0.05) is 28.2 Å². The number of carboxylic acid groups (broad SMARTS) is 1. The van der Waals surface area contributed by atoms with Crippen LogP contribution >= 0.6 is 0 Å².